The first-order valence-corrected chi connectivity index (χ1v) is 10.5. The number of ether oxygens (including phenoxy) is 1. The Morgan fingerprint density at radius 3 is 2.48 bits per heavy atom. The van der Waals surface area contributed by atoms with Crippen molar-refractivity contribution in [1.82, 2.24) is 9.55 Å². The molecule has 0 atom stereocenters. The summed E-state index contributed by atoms with van der Waals surface area (Å²) in [5.41, 5.74) is -0.0342. The maximum atomic E-state index is 14.2. The summed E-state index contributed by atoms with van der Waals surface area (Å²) in [5, 5.41) is 0. The number of benzene rings is 1. The van der Waals surface area contributed by atoms with Crippen LogP contribution in [0.3, 0.4) is 0 Å². The lowest BCUT2D eigenvalue weighted by molar-refractivity contribution is 0.100. The molecule has 29 heavy (non-hydrogen) atoms. The maximum absolute atomic E-state index is 14.2. The van der Waals surface area contributed by atoms with Gasteiger partial charge in [0.25, 0.3) is 5.91 Å². The minimum Gasteiger partial charge on any atom is -0.494 e. The van der Waals surface area contributed by atoms with E-state index in [0.717, 1.165) is 6.07 Å². The molecule has 0 N–H and O–H groups in total. The molecule has 0 saturated heterocycles. The van der Waals surface area contributed by atoms with E-state index in [0.29, 0.717) is 16.5 Å². The Kier molecular flexibility index (Phi) is 5.97. The molecule has 0 saturated carbocycles. The summed E-state index contributed by atoms with van der Waals surface area (Å²) in [6, 6.07) is 10.3. The molecule has 0 aliphatic carbocycles. The molecule has 9 heteroatoms. The zero-order valence-electron chi connectivity index (χ0n) is 15.9. The molecule has 7 nitrogen and oxygen atoms in total. The van der Waals surface area contributed by atoms with E-state index in [1.807, 2.05) is 12.1 Å². The second-order valence-electron chi connectivity index (χ2n) is 6.20. The number of carbonyl (C=O) groups is 1. The number of methoxy groups -OCH3 is 1. The molecule has 2 aromatic heterocycles. The lowest BCUT2D eigenvalue weighted by Crippen LogP contribution is -2.38. The first-order valence-electron chi connectivity index (χ1n) is 8.87. The van der Waals surface area contributed by atoms with E-state index in [4.69, 9.17) is 4.74 Å². The van der Waals surface area contributed by atoms with Crippen LogP contribution in [-0.2, 0) is 10.0 Å². The van der Waals surface area contributed by atoms with Crippen molar-refractivity contribution >= 4 is 21.6 Å². The minimum atomic E-state index is -4.02. The van der Waals surface area contributed by atoms with Crippen molar-refractivity contribution in [1.29, 1.82) is 0 Å². The molecule has 0 radical (unpaired) electrons. The van der Waals surface area contributed by atoms with Gasteiger partial charge in [-0.1, -0.05) is 6.92 Å². The fourth-order valence-corrected chi connectivity index (χ4v) is 4.30. The number of sulfonamides is 1. The molecule has 1 aromatic carbocycles. The summed E-state index contributed by atoms with van der Waals surface area (Å²) in [6.45, 7) is 1.68. The Balaban J connectivity index is 2.02. The van der Waals surface area contributed by atoms with Crippen LogP contribution in [0.1, 0.15) is 23.7 Å². The Morgan fingerprint density at radius 1 is 1.21 bits per heavy atom. The van der Waals surface area contributed by atoms with Crippen molar-refractivity contribution in [2.75, 3.05) is 17.2 Å². The van der Waals surface area contributed by atoms with Crippen molar-refractivity contribution in [2.45, 2.75) is 13.3 Å². The molecule has 152 valence electrons. The van der Waals surface area contributed by atoms with E-state index < -0.39 is 21.7 Å². The number of anilines is 1. The molecule has 0 spiro atoms. The highest BCUT2D eigenvalue weighted by Crippen LogP contribution is 2.27. The first-order chi connectivity index (χ1) is 13.9. The van der Waals surface area contributed by atoms with Crippen LogP contribution in [0.2, 0.25) is 0 Å². The molecule has 3 rings (SSSR count). The third-order valence-corrected chi connectivity index (χ3v) is 6.02. The van der Waals surface area contributed by atoms with E-state index in [1.165, 1.54) is 31.5 Å². The molecular formula is C20H20FN3O4S. The quantitative estimate of drug-likeness (QED) is 0.588. The summed E-state index contributed by atoms with van der Waals surface area (Å²) >= 11 is 0. The van der Waals surface area contributed by atoms with Gasteiger partial charge >= 0.3 is 0 Å². The third kappa shape index (κ3) is 4.29. The minimum absolute atomic E-state index is 0.0493. The van der Waals surface area contributed by atoms with E-state index >= 15 is 0 Å². The number of halogens is 1. The van der Waals surface area contributed by atoms with Gasteiger partial charge in [-0.15, -0.1) is 0 Å². The van der Waals surface area contributed by atoms with Gasteiger partial charge in [0, 0.05) is 24.7 Å². The Morgan fingerprint density at radius 2 is 1.93 bits per heavy atom. The van der Waals surface area contributed by atoms with Gasteiger partial charge in [-0.3, -0.25) is 4.79 Å². The lowest BCUT2D eigenvalue weighted by atomic mass is 10.2. The maximum Gasteiger partial charge on any atom is 0.273 e. The number of pyridine rings is 1. The summed E-state index contributed by atoms with van der Waals surface area (Å²) in [5.74, 6) is -1.32. The summed E-state index contributed by atoms with van der Waals surface area (Å²) < 4.78 is 47.0. The van der Waals surface area contributed by atoms with Gasteiger partial charge in [0.1, 0.15) is 5.82 Å². The highest BCUT2D eigenvalue weighted by atomic mass is 32.2. The first kappa shape index (κ1) is 20.5. The average Bonchev–Trinajstić information content (AvgIpc) is 3.23. The summed E-state index contributed by atoms with van der Waals surface area (Å²) in [7, 11) is -2.72. The van der Waals surface area contributed by atoms with Gasteiger partial charge in [-0.25, -0.2) is 22.1 Å². The van der Waals surface area contributed by atoms with Crippen LogP contribution in [0.4, 0.5) is 10.1 Å². The topological polar surface area (TPSA) is 81.5 Å². The van der Waals surface area contributed by atoms with Crippen LogP contribution in [0, 0.1) is 5.82 Å². The van der Waals surface area contributed by atoms with E-state index in [-0.39, 0.29) is 22.8 Å². The number of rotatable bonds is 7. The van der Waals surface area contributed by atoms with Crippen LogP contribution >= 0.6 is 0 Å². The summed E-state index contributed by atoms with van der Waals surface area (Å²) in [4.78, 5) is 17.3. The van der Waals surface area contributed by atoms with Crippen molar-refractivity contribution in [2.24, 2.45) is 0 Å². The van der Waals surface area contributed by atoms with Crippen LogP contribution in [0.15, 0.2) is 61.1 Å². The number of hydrogen-bond donors (Lipinski definition) is 0. The fraction of sp³-hybridized carbons (Fsp3) is 0.200. The van der Waals surface area contributed by atoms with Gasteiger partial charge in [0.15, 0.2) is 11.6 Å². The van der Waals surface area contributed by atoms with Gasteiger partial charge in [0.2, 0.25) is 10.0 Å². The molecule has 3 aromatic rings. The number of amides is 1. The molecule has 0 unspecified atom stereocenters. The Hall–Kier alpha value is -3.20. The van der Waals surface area contributed by atoms with Gasteiger partial charge in [-0.2, -0.15) is 0 Å². The largest absolute Gasteiger partial charge is 0.494 e. The molecular weight excluding hydrogens is 397 g/mol. The number of nitrogens with zero attached hydrogens (tertiary/aromatic N) is 3. The molecule has 1 amide bonds. The predicted octanol–water partition coefficient (Wildman–Crippen LogP) is 3.41. The monoisotopic (exact) mass is 417 g/mol. The fourth-order valence-electron chi connectivity index (χ4n) is 2.80. The third-order valence-electron chi connectivity index (χ3n) is 4.16. The van der Waals surface area contributed by atoms with Crippen LogP contribution in [0.25, 0.3) is 5.82 Å². The van der Waals surface area contributed by atoms with E-state index in [9.17, 15) is 17.6 Å². The zero-order valence-corrected chi connectivity index (χ0v) is 16.8. The molecule has 0 aliphatic heterocycles. The normalized spacial score (nSPS) is 11.3. The van der Waals surface area contributed by atoms with Crippen molar-refractivity contribution in [3.05, 3.63) is 72.4 Å². The standard InChI is InChI=1S/C20H20FN3O4S/c1-3-12-29(26,27)24(16-7-8-18(28-2)17(21)13-16)20(25)15-6-9-19(22-14-15)23-10-4-5-11-23/h4-11,13-14H,3,12H2,1-2H3. The number of carbonyl (C=O) groups excluding carboxylic acids is 1. The Bertz CT molecular complexity index is 1100. The van der Waals surface area contributed by atoms with Crippen molar-refractivity contribution in [3.63, 3.8) is 0 Å². The van der Waals surface area contributed by atoms with Crippen LogP contribution in [0.5, 0.6) is 5.75 Å². The second kappa shape index (κ2) is 8.44. The highest BCUT2D eigenvalue weighted by molar-refractivity contribution is 7.93. The summed E-state index contributed by atoms with van der Waals surface area (Å²) in [6.07, 6.45) is 5.19. The molecule has 0 aliphatic rings. The molecule has 0 fully saturated rings. The highest BCUT2D eigenvalue weighted by Gasteiger charge is 2.30. The van der Waals surface area contributed by atoms with Crippen LogP contribution in [-0.4, -0.2) is 36.7 Å². The number of aromatic nitrogens is 2. The van der Waals surface area contributed by atoms with Gasteiger partial charge in [-0.05, 0) is 42.8 Å². The Labute approximate surface area is 168 Å². The smallest absolute Gasteiger partial charge is 0.273 e. The lowest BCUT2D eigenvalue weighted by Gasteiger charge is -2.23. The van der Waals surface area contributed by atoms with Gasteiger partial charge < -0.3 is 9.30 Å². The van der Waals surface area contributed by atoms with Gasteiger partial charge in [0.05, 0.1) is 24.1 Å². The van der Waals surface area contributed by atoms with Crippen molar-refractivity contribution in [3.8, 4) is 11.6 Å². The number of hydrogen-bond acceptors (Lipinski definition) is 5. The average molecular weight is 417 g/mol. The predicted molar refractivity (Wildman–Crippen MR) is 107 cm³/mol. The second-order valence-corrected chi connectivity index (χ2v) is 8.14. The van der Waals surface area contributed by atoms with Crippen molar-refractivity contribution < 1.29 is 22.3 Å². The molecule has 2 heterocycles. The van der Waals surface area contributed by atoms with E-state index in [2.05, 4.69) is 4.98 Å². The molecule has 0 bridgehead atoms. The zero-order chi connectivity index (χ0) is 21.0. The van der Waals surface area contributed by atoms with E-state index in [1.54, 1.807) is 30.0 Å². The van der Waals surface area contributed by atoms with Crippen LogP contribution < -0.4 is 9.04 Å². The SMILES string of the molecule is CCCS(=O)(=O)N(C(=O)c1ccc(-n2cccc2)nc1)c1ccc(OC)c(F)c1.